The van der Waals surface area contributed by atoms with E-state index in [9.17, 15) is 4.39 Å². The highest BCUT2D eigenvalue weighted by Gasteiger charge is 2.16. The molecule has 0 aliphatic carbocycles. The summed E-state index contributed by atoms with van der Waals surface area (Å²) in [6, 6.07) is 8.49. The van der Waals surface area contributed by atoms with Crippen LogP contribution in [-0.4, -0.2) is 9.97 Å². The van der Waals surface area contributed by atoms with Crippen molar-refractivity contribution in [1.82, 2.24) is 9.97 Å². The molecule has 0 aliphatic rings. The molecule has 0 fully saturated rings. The van der Waals surface area contributed by atoms with Gasteiger partial charge in [-0.1, -0.05) is 35.3 Å². The van der Waals surface area contributed by atoms with E-state index in [1.54, 1.807) is 12.1 Å². The molecule has 1 heterocycles. The molecule has 106 valence electrons. The summed E-state index contributed by atoms with van der Waals surface area (Å²) < 4.78 is 14.9. The molecule has 0 saturated carbocycles. The fourth-order valence-corrected chi connectivity index (χ4v) is 3.16. The lowest BCUT2D eigenvalue weighted by molar-refractivity contribution is 0.630. The molecule has 21 heavy (non-hydrogen) atoms. The standard InChI is InChI=1S/C15H8BrCl2FN2/c1-7-5-6-9(16)11-13(7)20-15(21-14(11)18)8-3-2-4-10(17)12(8)19/h2-6H,1H3. The zero-order valence-corrected chi connectivity index (χ0v) is 13.9. The summed E-state index contributed by atoms with van der Waals surface area (Å²) in [5.74, 6) is -0.337. The van der Waals surface area contributed by atoms with Crippen molar-refractivity contribution in [2.45, 2.75) is 6.92 Å². The van der Waals surface area contributed by atoms with Crippen LogP contribution >= 0.6 is 39.1 Å². The van der Waals surface area contributed by atoms with Gasteiger partial charge in [0.25, 0.3) is 0 Å². The van der Waals surface area contributed by atoms with Crippen LogP contribution in [0.25, 0.3) is 22.3 Å². The van der Waals surface area contributed by atoms with Gasteiger partial charge in [0.1, 0.15) is 5.15 Å². The van der Waals surface area contributed by atoms with Gasteiger partial charge in [-0.3, -0.25) is 0 Å². The number of aryl methyl sites for hydroxylation is 1. The number of hydrogen-bond acceptors (Lipinski definition) is 2. The van der Waals surface area contributed by atoms with Crippen molar-refractivity contribution in [2.75, 3.05) is 0 Å². The maximum absolute atomic E-state index is 14.1. The molecule has 1 aromatic heterocycles. The molecule has 0 unspecified atom stereocenters. The van der Waals surface area contributed by atoms with E-state index < -0.39 is 5.82 Å². The molecule has 0 atom stereocenters. The van der Waals surface area contributed by atoms with E-state index in [2.05, 4.69) is 25.9 Å². The minimum Gasteiger partial charge on any atom is -0.227 e. The Bertz CT molecular complexity index is 868. The average molecular weight is 386 g/mol. The number of hydrogen-bond donors (Lipinski definition) is 0. The summed E-state index contributed by atoms with van der Waals surface area (Å²) >= 11 is 15.5. The first-order valence-electron chi connectivity index (χ1n) is 6.06. The van der Waals surface area contributed by atoms with Crippen molar-refractivity contribution in [1.29, 1.82) is 0 Å². The molecule has 0 saturated heterocycles. The largest absolute Gasteiger partial charge is 0.227 e. The second-order valence-corrected chi connectivity index (χ2v) is 6.15. The maximum atomic E-state index is 14.1. The first-order chi connectivity index (χ1) is 9.99. The maximum Gasteiger partial charge on any atom is 0.164 e. The van der Waals surface area contributed by atoms with Gasteiger partial charge in [0, 0.05) is 4.47 Å². The Morgan fingerprint density at radius 2 is 1.86 bits per heavy atom. The van der Waals surface area contributed by atoms with Crippen LogP contribution in [0.15, 0.2) is 34.8 Å². The molecule has 0 amide bonds. The van der Waals surface area contributed by atoms with E-state index in [-0.39, 0.29) is 21.6 Å². The summed E-state index contributed by atoms with van der Waals surface area (Å²) in [4.78, 5) is 8.65. The Hall–Kier alpha value is -1.23. The molecule has 2 aromatic carbocycles. The zero-order valence-electron chi connectivity index (χ0n) is 10.8. The van der Waals surface area contributed by atoms with Crippen molar-refractivity contribution >= 4 is 50.0 Å². The Balaban J connectivity index is 2.36. The Kier molecular flexibility index (Phi) is 3.86. The molecular formula is C15H8BrCl2FN2. The van der Waals surface area contributed by atoms with E-state index >= 15 is 0 Å². The van der Waals surface area contributed by atoms with Crippen molar-refractivity contribution in [2.24, 2.45) is 0 Å². The molecule has 6 heteroatoms. The van der Waals surface area contributed by atoms with Gasteiger partial charge in [-0.15, -0.1) is 0 Å². The fourth-order valence-electron chi connectivity index (χ4n) is 2.09. The van der Waals surface area contributed by atoms with Crippen molar-refractivity contribution in [3.63, 3.8) is 0 Å². The minimum absolute atomic E-state index is 0.0262. The summed E-state index contributed by atoms with van der Waals surface area (Å²) in [7, 11) is 0. The van der Waals surface area contributed by atoms with Crippen LogP contribution in [0.3, 0.4) is 0 Å². The third kappa shape index (κ3) is 2.52. The fraction of sp³-hybridized carbons (Fsp3) is 0.0667. The lowest BCUT2D eigenvalue weighted by Gasteiger charge is -2.09. The van der Waals surface area contributed by atoms with Gasteiger partial charge in [0.15, 0.2) is 11.6 Å². The molecule has 3 rings (SSSR count). The molecule has 0 aliphatic heterocycles. The van der Waals surface area contributed by atoms with Crippen LogP contribution in [0, 0.1) is 12.7 Å². The number of rotatable bonds is 1. The third-order valence-electron chi connectivity index (χ3n) is 3.15. The first-order valence-corrected chi connectivity index (χ1v) is 7.60. The number of fused-ring (bicyclic) bond motifs is 1. The van der Waals surface area contributed by atoms with E-state index in [1.165, 1.54) is 6.07 Å². The van der Waals surface area contributed by atoms with Crippen molar-refractivity contribution in [3.05, 3.63) is 56.4 Å². The van der Waals surface area contributed by atoms with E-state index in [1.807, 2.05) is 19.1 Å². The van der Waals surface area contributed by atoms with Crippen LogP contribution in [0.5, 0.6) is 0 Å². The molecular weight excluding hydrogens is 378 g/mol. The van der Waals surface area contributed by atoms with E-state index in [0.717, 1.165) is 10.0 Å². The normalized spacial score (nSPS) is 11.1. The predicted molar refractivity (Wildman–Crippen MR) is 87.4 cm³/mol. The highest BCUT2D eigenvalue weighted by Crippen LogP contribution is 2.33. The van der Waals surface area contributed by atoms with Crippen molar-refractivity contribution < 1.29 is 4.39 Å². The molecule has 0 N–H and O–H groups in total. The molecule has 3 aromatic rings. The van der Waals surface area contributed by atoms with Crippen LogP contribution in [0.2, 0.25) is 10.2 Å². The first kappa shape index (κ1) is 14.7. The molecule has 0 bridgehead atoms. The second-order valence-electron chi connectivity index (χ2n) is 4.53. The SMILES string of the molecule is Cc1ccc(Br)c2c(Cl)nc(-c3cccc(Cl)c3F)nc12. The Morgan fingerprint density at radius 1 is 1.10 bits per heavy atom. The smallest absolute Gasteiger partial charge is 0.164 e. The van der Waals surface area contributed by atoms with E-state index in [0.29, 0.717) is 10.9 Å². The summed E-state index contributed by atoms with van der Waals surface area (Å²) in [6.07, 6.45) is 0. The number of nitrogens with zero attached hydrogens (tertiary/aromatic N) is 2. The monoisotopic (exact) mass is 384 g/mol. The van der Waals surface area contributed by atoms with Crippen LogP contribution in [0.1, 0.15) is 5.56 Å². The highest BCUT2D eigenvalue weighted by atomic mass is 79.9. The van der Waals surface area contributed by atoms with Gasteiger partial charge in [-0.05, 0) is 46.6 Å². The number of halogens is 4. The van der Waals surface area contributed by atoms with Gasteiger partial charge in [-0.2, -0.15) is 0 Å². The van der Waals surface area contributed by atoms with Gasteiger partial charge < -0.3 is 0 Å². The van der Waals surface area contributed by atoms with E-state index in [4.69, 9.17) is 23.2 Å². The number of benzene rings is 2. The topological polar surface area (TPSA) is 25.8 Å². The van der Waals surface area contributed by atoms with Gasteiger partial charge in [0.2, 0.25) is 0 Å². The summed E-state index contributed by atoms with van der Waals surface area (Å²) in [5, 5.41) is 1.01. The average Bonchev–Trinajstić information content (AvgIpc) is 2.45. The quantitative estimate of drug-likeness (QED) is 0.493. The lowest BCUT2D eigenvalue weighted by Crippen LogP contribution is -1.96. The minimum atomic E-state index is -0.553. The molecule has 0 radical (unpaired) electrons. The van der Waals surface area contributed by atoms with Gasteiger partial charge in [-0.25, -0.2) is 14.4 Å². The molecule has 2 nitrogen and oxygen atoms in total. The Morgan fingerprint density at radius 3 is 2.62 bits per heavy atom. The molecule has 0 spiro atoms. The number of aromatic nitrogens is 2. The van der Waals surface area contributed by atoms with Crippen LogP contribution < -0.4 is 0 Å². The van der Waals surface area contributed by atoms with Gasteiger partial charge in [0.05, 0.1) is 21.5 Å². The Labute approximate surface area is 139 Å². The van der Waals surface area contributed by atoms with Crippen LogP contribution in [0.4, 0.5) is 4.39 Å². The van der Waals surface area contributed by atoms with Crippen LogP contribution in [-0.2, 0) is 0 Å². The second kappa shape index (κ2) is 5.52. The van der Waals surface area contributed by atoms with Gasteiger partial charge >= 0.3 is 0 Å². The lowest BCUT2D eigenvalue weighted by atomic mass is 10.1. The zero-order chi connectivity index (χ0) is 15.1. The van der Waals surface area contributed by atoms with Crippen molar-refractivity contribution in [3.8, 4) is 11.4 Å². The predicted octanol–water partition coefficient (Wildman–Crippen LogP) is 5.81. The highest BCUT2D eigenvalue weighted by molar-refractivity contribution is 9.10. The summed E-state index contributed by atoms with van der Waals surface area (Å²) in [6.45, 7) is 1.91. The third-order valence-corrected chi connectivity index (χ3v) is 4.38. The summed E-state index contributed by atoms with van der Waals surface area (Å²) in [5.41, 5.74) is 1.84.